The van der Waals surface area contributed by atoms with Gasteiger partial charge in [-0.2, -0.15) is 0 Å². The lowest BCUT2D eigenvalue weighted by molar-refractivity contribution is -0.123. The van der Waals surface area contributed by atoms with Crippen molar-refractivity contribution in [3.63, 3.8) is 0 Å². The van der Waals surface area contributed by atoms with Crippen LogP contribution in [0, 0.1) is 12.3 Å². The van der Waals surface area contributed by atoms with Gasteiger partial charge in [0, 0.05) is 60.6 Å². The summed E-state index contributed by atoms with van der Waals surface area (Å²) in [5.41, 5.74) is 1.59. The van der Waals surface area contributed by atoms with E-state index in [0.717, 1.165) is 54.7 Å². The van der Waals surface area contributed by atoms with Gasteiger partial charge in [0.2, 0.25) is 11.8 Å². The van der Waals surface area contributed by atoms with E-state index in [0.29, 0.717) is 38.2 Å². The quantitative estimate of drug-likeness (QED) is 0.435. The van der Waals surface area contributed by atoms with E-state index < -0.39 is 10.3 Å². The monoisotopic (exact) mass is 612 g/mol. The van der Waals surface area contributed by atoms with Gasteiger partial charge in [0.1, 0.15) is 5.60 Å². The highest BCUT2D eigenvalue weighted by molar-refractivity contribution is 8.01. The number of nitrogens with zero attached hydrogens (tertiary/aromatic N) is 3. The normalized spacial score (nSPS) is 24.1. The minimum Gasteiger partial charge on any atom is -0.444 e. The number of hydrogen-bond acceptors (Lipinski definition) is 6. The van der Waals surface area contributed by atoms with Crippen molar-refractivity contribution in [2.45, 2.75) is 121 Å². The Hall–Kier alpha value is -2.75. The standard InChI is InChI=1S/C33H48N4O5S/c1-8-27(38)34-14-16-36-24-18-23(22(4)17-25(24)43-33(29(36)40)12-9-13-33)28(39)37(21(2)3)26-19-32(26)11-10-15-35(20-32)30(41)42-31(5,6)7/h17-18,21,26H,8-16,19-20H2,1-7H3,(H,34,38)/t26?,32-/m0/s1. The fourth-order valence-electron chi connectivity index (χ4n) is 6.95. The van der Waals surface area contributed by atoms with Gasteiger partial charge in [0.15, 0.2) is 0 Å². The van der Waals surface area contributed by atoms with E-state index in [2.05, 4.69) is 25.2 Å². The number of nitrogens with one attached hydrogen (secondary N) is 1. The van der Waals surface area contributed by atoms with E-state index >= 15 is 0 Å². The Balaban J connectivity index is 1.40. The van der Waals surface area contributed by atoms with Gasteiger partial charge in [-0.15, -0.1) is 11.8 Å². The second-order valence-electron chi connectivity index (χ2n) is 14.1. The maximum Gasteiger partial charge on any atom is 0.410 e. The molecule has 1 aromatic rings. The van der Waals surface area contributed by atoms with Crippen LogP contribution in [-0.4, -0.2) is 82.2 Å². The lowest BCUT2D eigenvalue weighted by Gasteiger charge is -2.47. The van der Waals surface area contributed by atoms with Crippen LogP contribution in [0.25, 0.3) is 0 Å². The molecule has 2 heterocycles. The molecular weight excluding hydrogens is 564 g/mol. The van der Waals surface area contributed by atoms with Gasteiger partial charge in [0.25, 0.3) is 5.91 Å². The number of thioether (sulfide) groups is 1. The van der Waals surface area contributed by atoms with Crippen LogP contribution >= 0.6 is 11.8 Å². The number of piperidine rings is 1. The average Bonchev–Trinajstić information content (AvgIpc) is 3.57. The molecule has 9 nitrogen and oxygen atoms in total. The van der Waals surface area contributed by atoms with Crippen molar-refractivity contribution in [1.82, 2.24) is 15.1 Å². The van der Waals surface area contributed by atoms with Gasteiger partial charge in [-0.05, 0) is 97.8 Å². The maximum atomic E-state index is 14.4. The smallest absolute Gasteiger partial charge is 0.410 e. The van der Waals surface area contributed by atoms with Crippen molar-refractivity contribution in [1.29, 1.82) is 0 Å². The summed E-state index contributed by atoms with van der Waals surface area (Å²) in [4.78, 5) is 59.6. The summed E-state index contributed by atoms with van der Waals surface area (Å²) in [6.45, 7) is 15.5. The first-order valence-electron chi connectivity index (χ1n) is 15.9. The van der Waals surface area contributed by atoms with E-state index in [-0.39, 0.29) is 41.3 Å². The molecular formula is C33H48N4O5S. The molecule has 2 aliphatic heterocycles. The number of fused-ring (bicyclic) bond motifs is 1. The third kappa shape index (κ3) is 6.13. The molecule has 10 heteroatoms. The number of amides is 4. The third-order valence-electron chi connectivity index (χ3n) is 9.44. The summed E-state index contributed by atoms with van der Waals surface area (Å²) in [6, 6.07) is 3.99. The van der Waals surface area contributed by atoms with Crippen LogP contribution < -0.4 is 10.2 Å². The zero-order valence-electron chi connectivity index (χ0n) is 26.9. The van der Waals surface area contributed by atoms with Crippen LogP contribution in [0.3, 0.4) is 0 Å². The molecule has 1 aromatic carbocycles. The molecule has 2 saturated carbocycles. The van der Waals surface area contributed by atoms with E-state index in [1.165, 1.54) is 0 Å². The fourth-order valence-corrected chi connectivity index (χ4v) is 8.57. The number of likely N-dealkylation sites (tertiary alicyclic amines) is 1. The molecule has 236 valence electrons. The first kappa shape index (κ1) is 31.7. The van der Waals surface area contributed by atoms with Gasteiger partial charge >= 0.3 is 6.09 Å². The van der Waals surface area contributed by atoms with Crippen molar-refractivity contribution in [2.24, 2.45) is 5.41 Å². The van der Waals surface area contributed by atoms with Gasteiger partial charge in [-0.1, -0.05) is 6.92 Å². The van der Waals surface area contributed by atoms with Gasteiger partial charge in [-0.3, -0.25) is 14.4 Å². The summed E-state index contributed by atoms with van der Waals surface area (Å²) in [5, 5.41) is 2.90. The second kappa shape index (κ2) is 11.6. The predicted octanol–water partition coefficient (Wildman–Crippen LogP) is 5.52. The third-order valence-corrected chi connectivity index (χ3v) is 11.0. The number of aryl methyl sites for hydroxylation is 1. The minimum absolute atomic E-state index is 0.0289. The highest BCUT2D eigenvalue weighted by atomic mass is 32.2. The van der Waals surface area contributed by atoms with Crippen molar-refractivity contribution in [3.8, 4) is 0 Å². The summed E-state index contributed by atoms with van der Waals surface area (Å²) in [6.07, 6.45) is 5.55. The summed E-state index contributed by atoms with van der Waals surface area (Å²) in [7, 11) is 0. The van der Waals surface area contributed by atoms with Crippen LogP contribution in [0.4, 0.5) is 10.5 Å². The van der Waals surface area contributed by atoms with Crippen molar-refractivity contribution in [3.05, 3.63) is 23.3 Å². The Morgan fingerprint density at radius 1 is 1.16 bits per heavy atom. The molecule has 1 unspecified atom stereocenters. The number of anilines is 1. The highest BCUT2D eigenvalue weighted by Crippen LogP contribution is 2.57. The van der Waals surface area contributed by atoms with E-state index in [1.807, 2.05) is 50.5 Å². The van der Waals surface area contributed by atoms with Gasteiger partial charge in [-0.25, -0.2) is 4.79 Å². The number of ether oxygens (including phenoxy) is 1. The molecule has 2 aliphatic carbocycles. The molecule has 43 heavy (non-hydrogen) atoms. The molecule has 5 rings (SSSR count). The lowest BCUT2D eigenvalue weighted by Crippen LogP contribution is -2.55. The first-order chi connectivity index (χ1) is 20.2. The molecule has 1 N–H and O–H groups in total. The van der Waals surface area contributed by atoms with Crippen LogP contribution in [-0.2, 0) is 14.3 Å². The van der Waals surface area contributed by atoms with E-state index in [1.54, 1.807) is 16.7 Å². The number of carbonyl (C=O) groups excluding carboxylic acids is 4. The molecule has 4 amide bonds. The summed E-state index contributed by atoms with van der Waals surface area (Å²) < 4.78 is 5.23. The van der Waals surface area contributed by atoms with Crippen LogP contribution in [0.2, 0.25) is 0 Å². The number of benzene rings is 1. The Morgan fingerprint density at radius 2 is 1.88 bits per heavy atom. The minimum atomic E-state index is -0.554. The molecule has 0 bridgehead atoms. The largest absolute Gasteiger partial charge is 0.444 e. The van der Waals surface area contributed by atoms with E-state index in [4.69, 9.17) is 4.74 Å². The predicted molar refractivity (Wildman–Crippen MR) is 168 cm³/mol. The fraction of sp³-hybridized carbons (Fsp3) is 0.697. The molecule has 0 aromatic heterocycles. The molecule has 1 saturated heterocycles. The molecule has 2 atom stereocenters. The molecule has 2 spiro atoms. The lowest BCUT2D eigenvalue weighted by atomic mass is 9.82. The van der Waals surface area contributed by atoms with Crippen molar-refractivity contribution >= 4 is 41.3 Å². The van der Waals surface area contributed by atoms with Crippen molar-refractivity contribution in [2.75, 3.05) is 31.1 Å². The zero-order valence-corrected chi connectivity index (χ0v) is 27.7. The first-order valence-corrected chi connectivity index (χ1v) is 16.7. The van der Waals surface area contributed by atoms with Crippen LogP contribution in [0.15, 0.2) is 17.0 Å². The van der Waals surface area contributed by atoms with Gasteiger partial charge in [0.05, 0.1) is 10.4 Å². The average molecular weight is 613 g/mol. The molecule has 4 aliphatic rings. The number of rotatable bonds is 7. The van der Waals surface area contributed by atoms with Gasteiger partial charge < -0.3 is 24.8 Å². The molecule has 3 fully saturated rings. The Bertz CT molecular complexity index is 1300. The number of carbonyl (C=O) groups is 4. The Labute approximate surface area is 260 Å². The van der Waals surface area contributed by atoms with Crippen LogP contribution in [0.1, 0.15) is 102 Å². The topological polar surface area (TPSA) is 99.3 Å². The van der Waals surface area contributed by atoms with Crippen LogP contribution in [0.5, 0.6) is 0 Å². The zero-order chi connectivity index (χ0) is 31.3. The maximum absolute atomic E-state index is 14.4. The number of hydrogen-bond donors (Lipinski definition) is 1. The SMILES string of the molecule is CCC(=O)NCCN1C(=O)C2(CCC2)Sc2cc(C)c(C(=O)N(C(C)C)C3C[C@]34CCCN(C(=O)OC(C)(C)C)C4)cc21. The van der Waals surface area contributed by atoms with E-state index in [9.17, 15) is 19.2 Å². The summed E-state index contributed by atoms with van der Waals surface area (Å²) >= 11 is 1.64. The molecule has 0 radical (unpaired) electrons. The van der Waals surface area contributed by atoms with Crippen molar-refractivity contribution < 1.29 is 23.9 Å². The second-order valence-corrected chi connectivity index (χ2v) is 15.6. The Kier molecular flexibility index (Phi) is 8.57. The summed E-state index contributed by atoms with van der Waals surface area (Å²) in [5.74, 6) is -0.00111. The highest BCUT2D eigenvalue weighted by Gasteiger charge is 2.60. The Morgan fingerprint density at radius 3 is 2.49 bits per heavy atom.